The van der Waals surface area contributed by atoms with Crippen molar-refractivity contribution in [1.29, 1.82) is 0 Å². The van der Waals surface area contributed by atoms with Gasteiger partial charge in [-0.3, -0.25) is 5.10 Å². The molecule has 0 spiro atoms. The van der Waals surface area contributed by atoms with Crippen molar-refractivity contribution in [1.82, 2.24) is 15.2 Å². The fourth-order valence-corrected chi connectivity index (χ4v) is 2.49. The minimum Gasteiger partial charge on any atom is -0.383 e. The minimum absolute atomic E-state index is 0.436. The fourth-order valence-electron chi connectivity index (χ4n) is 2.49. The molecule has 0 bridgehead atoms. The van der Waals surface area contributed by atoms with Crippen molar-refractivity contribution in [2.45, 2.75) is 0 Å². The molecule has 0 aliphatic heterocycles. The van der Waals surface area contributed by atoms with Crippen molar-refractivity contribution >= 4 is 27.5 Å². The van der Waals surface area contributed by atoms with Crippen molar-refractivity contribution in [3.05, 3.63) is 66.0 Å². The van der Waals surface area contributed by atoms with Gasteiger partial charge in [0.05, 0.1) is 11.1 Å². The van der Waals surface area contributed by atoms with Crippen molar-refractivity contribution in [3.63, 3.8) is 0 Å². The number of hydrogen-bond donors (Lipinski definition) is 2. The number of rotatable bonds is 0. The first-order chi connectivity index (χ1) is 10.8. The predicted octanol–water partition coefficient (Wildman–Crippen LogP) is 3.09. The molecule has 2 aromatic carbocycles. The third-order valence-corrected chi connectivity index (χ3v) is 3.61. The number of nitrogens with one attached hydrogen (secondary N) is 1. The Morgan fingerprint density at radius 3 is 2.59 bits per heavy atom. The normalized spacial score (nSPS) is 10.5. The highest BCUT2D eigenvalue weighted by molar-refractivity contribution is 5.91. The molecule has 104 valence electrons. The van der Waals surface area contributed by atoms with E-state index in [0.717, 1.165) is 27.2 Å². The molecule has 2 aromatic heterocycles. The predicted molar refractivity (Wildman–Crippen MR) is 88.2 cm³/mol. The van der Waals surface area contributed by atoms with Gasteiger partial charge in [-0.2, -0.15) is 5.10 Å². The Kier molecular flexibility index (Phi) is 2.77. The van der Waals surface area contributed by atoms with Gasteiger partial charge in [0.15, 0.2) is 0 Å². The average molecular weight is 284 g/mol. The maximum absolute atomic E-state index is 6.00. The van der Waals surface area contributed by atoms with E-state index >= 15 is 0 Å². The van der Waals surface area contributed by atoms with Crippen LogP contribution >= 0.6 is 0 Å². The second-order valence-corrected chi connectivity index (χ2v) is 4.97. The zero-order chi connectivity index (χ0) is 14.9. The van der Waals surface area contributed by atoms with Crippen LogP contribution in [0.2, 0.25) is 0 Å². The Hall–Kier alpha value is -3.32. The summed E-state index contributed by atoms with van der Waals surface area (Å²) >= 11 is 0. The second-order valence-electron chi connectivity index (χ2n) is 4.97. The molecule has 0 radical (unpaired) electrons. The molecule has 0 unspecified atom stereocenters. The maximum Gasteiger partial charge on any atom is 0.143 e. The minimum atomic E-state index is 0.436. The first-order valence-electron chi connectivity index (χ1n) is 6.91. The molecule has 4 rings (SSSR count). The quantitative estimate of drug-likeness (QED) is 0.488. The summed E-state index contributed by atoms with van der Waals surface area (Å²) in [5.41, 5.74) is 8.42. The highest BCUT2D eigenvalue weighted by Gasteiger charge is 2.05. The number of aromatic nitrogens is 3. The summed E-state index contributed by atoms with van der Waals surface area (Å²) in [6.45, 7) is 0. The fraction of sp³-hybridized carbons (Fsp3) is 0. The monoisotopic (exact) mass is 284 g/mol. The molecular formula is C18H12N4. The number of H-pyrrole nitrogens is 1. The average Bonchev–Trinajstić information content (AvgIpc) is 2.97. The van der Waals surface area contributed by atoms with E-state index in [0.29, 0.717) is 11.5 Å². The molecule has 22 heavy (non-hydrogen) atoms. The molecule has 0 aliphatic carbocycles. The maximum atomic E-state index is 6.00. The standard InChI is InChI=1S/C18H12N4/c19-18-14(13-6-2-1-5-12(13)11-20-18)9-10-17-15-7-3-4-8-16(15)21-22-17/h1-8,11H,(H2,19,20)(H,21,22). The van der Waals surface area contributed by atoms with Crippen LogP contribution in [-0.2, 0) is 0 Å². The van der Waals surface area contributed by atoms with E-state index in [-0.39, 0.29) is 0 Å². The molecule has 2 heterocycles. The van der Waals surface area contributed by atoms with Crippen LogP contribution in [0.3, 0.4) is 0 Å². The van der Waals surface area contributed by atoms with E-state index in [9.17, 15) is 0 Å². The number of nitrogens with zero attached hydrogens (tertiary/aromatic N) is 2. The zero-order valence-corrected chi connectivity index (χ0v) is 11.7. The Labute approximate surface area is 127 Å². The van der Waals surface area contributed by atoms with E-state index in [1.807, 2.05) is 48.5 Å². The van der Waals surface area contributed by atoms with E-state index in [1.54, 1.807) is 6.20 Å². The van der Waals surface area contributed by atoms with Crippen molar-refractivity contribution in [3.8, 4) is 11.8 Å². The van der Waals surface area contributed by atoms with Gasteiger partial charge >= 0.3 is 0 Å². The number of aromatic amines is 1. The van der Waals surface area contributed by atoms with Gasteiger partial charge in [0.2, 0.25) is 0 Å². The number of anilines is 1. The van der Waals surface area contributed by atoms with Crippen molar-refractivity contribution < 1.29 is 0 Å². The molecule has 0 amide bonds. The summed E-state index contributed by atoms with van der Waals surface area (Å²) in [5, 5.41) is 10.3. The topological polar surface area (TPSA) is 67.6 Å². The number of benzene rings is 2. The second kappa shape index (κ2) is 4.90. The largest absolute Gasteiger partial charge is 0.383 e. The third kappa shape index (κ3) is 1.97. The summed E-state index contributed by atoms with van der Waals surface area (Å²) in [4.78, 5) is 4.22. The van der Waals surface area contributed by atoms with Crippen LogP contribution in [0.1, 0.15) is 11.3 Å². The van der Waals surface area contributed by atoms with Crippen LogP contribution in [0.15, 0.2) is 54.7 Å². The van der Waals surface area contributed by atoms with Gasteiger partial charge in [-0.1, -0.05) is 42.3 Å². The highest BCUT2D eigenvalue weighted by atomic mass is 15.1. The number of nitrogens with two attached hydrogens (primary N) is 1. The lowest BCUT2D eigenvalue weighted by atomic mass is 10.1. The number of pyridine rings is 1. The van der Waals surface area contributed by atoms with Gasteiger partial charge in [-0.05, 0) is 18.1 Å². The van der Waals surface area contributed by atoms with Gasteiger partial charge in [-0.15, -0.1) is 0 Å². The lowest BCUT2D eigenvalue weighted by Crippen LogP contribution is -1.95. The molecule has 0 aliphatic rings. The molecule has 4 nitrogen and oxygen atoms in total. The smallest absolute Gasteiger partial charge is 0.143 e. The van der Waals surface area contributed by atoms with Gasteiger partial charge < -0.3 is 5.73 Å². The summed E-state index contributed by atoms with van der Waals surface area (Å²) < 4.78 is 0. The van der Waals surface area contributed by atoms with E-state index in [1.165, 1.54) is 0 Å². The van der Waals surface area contributed by atoms with Gasteiger partial charge in [0, 0.05) is 22.4 Å². The molecule has 0 atom stereocenters. The van der Waals surface area contributed by atoms with Crippen LogP contribution in [0.25, 0.3) is 21.7 Å². The first kappa shape index (κ1) is 12.4. The van der Waals surface area contributed by atoms with Crippen LogP contribution in [0.5, 0.6) is 0 Å². The van der Waals surface area contributed by atoms with E-state index < -0.39 is 0 Å². The molecule has 0 saturated heterocycles. The van der Waals surface area contributed by atoms with Gasteiger partial charge in [-0.25, -0.2) is 4.98 Å². The molecule has 0 fully saturated rings. The zero-order valence-electron chi connectivity index (χ0n) is 11.7. The Balaban J connectivity index is 1.90. The summed E-state index contributed by atoms with van der Waals surface area (Å²) in [5.74, 6) is 6.67. The SMILES string of the molecule is Nc1ncc2ccccc2c1C#Cc1n[nH]c2ccccc12. The third-order valence-electron chi connectivity index (χ3n) is 3.61. The number of hydrogen-bond acceptors (Lipinski definition) is 3. The molecule has 3 N–H and O–H groups in total. The Morgan fingerprint density at radius 1 is 0.909 bits per heavy atom. The lowest BCUT2D eigenvalue weighted by Gasteiger charge is -2.02. The van der Waals surface area contributed by atoms with Crippen LogP contribution in [0, 0.1) is 11.8 Å². The number of fused-ring (bicyclic) bond motifs is 2. The number of para-hydroxylation sites is 1. The summed E-state index contributed by atoms with van der Waals surface area (Å²) in [7, 11) is 0. The Morgan fingerprint density at radius 2 is 1.68 bits per heavy atom. The molecule has 4 aromatic rings. The van der Waals surface area contributed by atoms with Crippen molar-refractivity contribution in [2.24, 2.45) is 0 Å². The van der Waals surface area contributed by atoms with Crippen LogP contribution < -0.4 is 5.73 Å². The van der Waals surface area contributed by atoms with Crippen LogP contribution in [0.4, 0.5) is 5.82 Å². The van der Waals surface area contributed by atoms with Crippen molar-refractivity contribution in [2.75, 3.05) is 5.73 Å². The molecule has 4 heteroatoms. The molecule has 0 saturated carbocycles. The summed E-state index contributed by atoms with van der Waals surface area (Å²) in [6, 6.07) is 15.8. The number of nitrogen functional groups attached to an aromatic ring is 1. The summed E-state index contributed by atoms with van der Waals surface area (Å²) in [6.07, 6.45) is 1.76. The Bertz CT molecular complexity index is 1050. The van der Waals surface area contributed by atoms with Gasteiger partial charge in [0.25, 0.3) is 0 Å². The molecular weight excluding hydrogens is 272 g/mol. The first-order valence-corrected chi connectivity index (χ1v) is 6.91. The van der Waals surface area contributed by atoms with Gasteiger partial charge in [0.1, 0.15) is 11.5 Å². The van der Waals surface area contributed by atoms with E-state index in [4.69, 9.17) is 5.73 Å². The van der Waals surface area contributed by atoms with E-state index in [2.05, 4.69) is 27.0 Å². The lowest BCUT2D eigenvalue weighted by molar-refractivity contribution is 1.10. The van der Waals surface area contributed by atoms with Crippen LogP contribution in [-0.4, -0.2) is 15.2 Å². The highest BCUT2D eigenvalue weighted by Crippen LogP contribution is 2.21.